The average Bonchev–Trinajstić information content (AvgIpc) is 2.08. The third kappa shape index (κ3) is 4.52. The van der Waals surface area contributed by atoms with Crippen LogP contribution >= 0.6 is 0 Å². The maximum Gasteiger partial charge on any atom is 0.194 e. The lowest BCUT2D eigenvalue weighted by Crippen LogP contribution is -2.08. The Morgan fingerprint density at radius 1 is 1.25 bits per heavy atom. The summed E-state index contributed by atoms with van der Waals surface area (Å²) in [6.07, 6.45) is -0.734. The SMILES string of the molecule is C=C.CC(O)Oc1ccccc1. The van der Waals surface area contributed by atoms with Crippen molar-refractivity contribution in [1.82, 2.24) is 0 Å². The number of ether oxygens (including phenoxy) is 1. The summed E-state index contributed by atoms with van der Waals surface area (Å²) in [5.74, 6) is 0.692. The quantitative estimate of drug-likeness (QED) is 0.539. The van der Waals surface area contributed by atoms with Crippen LogP contribution in [0.5, 0.6) is 5.75 Å². The highest BCUT2D eigenvalue weighted by molar-refractivity contribution is 5.20. The van der Waals surface area contributed by atoms with Crippen LogP contribution < -0.4 is 4.74 Å². The van der Waals surface area contributed by atoms with Gasteiger partial charge in [-0.15, -0.1) is 13.2 Å². The molecule has 1 N–H and O–H groups in total. The van der Waals surface area contributed by atoms with Crippen LogP contribution in [0.1, 0.15) is 6.92 Å². The van der Waals surface area contributed by atoms with Gasteiger partial charge in [0.2, 0.25) is 0 Å². The van der Waals surface area contributed by atoms with E-state index in [0.717, 1.165) is 0 Å². The molecule has 1 aromatic carbocycles. The standard InChI is InChI=1S/C8H10O2.C2H4/c1-7(9)10-8-5-3-2-4-6-8;1-2/h2-7,9H,1H3;1-2H2. The van der Waals surface area contributed by atoms with Crippen molar-refractivity contribution >= 4 is 0 Å². The maximum atomic E-state index is 8.78. The molecular formula is C10H14O2. The van der Waals surface area contributed by atoms with Crippen LogP contribution in [0.3, 0.4) is 0 Å². The van der Waals surface area contributed by atoms with Gasteiger partial charge in [0.25, 0.3) is 0 Å². The van der Waals surface area contributed by atoms with Crippen LogP contribution in [0.15, 0.2) is 43.5 Å². The second-order valence-electron chi connectivity index (χ2n) is 2.03. The topological polar surface area (TPSA) is 29.5 Å². The molecule has 0 saturated heterocycles. The Morgan fingerprint density at radius 2 is 1.75 bits per heavy atom. The lowest BCUT2D eigenvalue weighted by atomic mass is 10.3. The molecule has 0 aromatic heterocycles. The third-order valence-corrected chi connectivity index (χ3v) is 1.05. The van der Waals surface area contributed by atoms with Gasteiger partial charge in [-0.1, -0.05) is 18.2 Å². The Labute approximate surface area is 73.1 Å². The first-order valence-corrected chi connectivity index (χ1v) is 3.69. The Kier molecular flexibility index (Phi) is 5.75. The zero-order valence-electron chi connectivity index (χ0n) is 7.23. The Balaban J connectivity index is 0.000000561. The second kappa shape index (κ2) is 6.43. The number of rotatable bonds is 2. The van der Waals surface area contributed by atoms with E-state index in [-0.39, 0.29) is 0 Å². The van der Waals surface area contributed by atoms with Gasteiger partial charge in [0, 0.05) is 0 Å². The van der Waals surface area contributed by atoms with Gasteiger partial charge in [0.1, 0.15) is 5.75 Å². The van der Waals surface area contributed by atoms with Gasteiger partial charge in [-0.3, -0.25) is 0 Å². The number of benzene rings is 1. The van der Waals surface area contributed by atoms with Crippen LogP contribution in [-0.4, -0.2) is 11.4 Å². The summed E-state index contributed by atoms with van der Waals surface area (Å²) >= 11 is 0. The van der Waals surface area contributed by atoms with Crippen LogP contribution in [-0.2, 0) is 0 Å². The fraction of sp³-hybridized carbons (Fsp3) is 0.200. The van der Waals surface area contributed by atoms with E-state index in [1.807, 2.05) is 18.2 Å². The van der Waals surface area contributed by atoms with Crippen molar-refractivity contribution in [3.8, 4) is 5.75 Å². The molecule has 0 amide bonds. The molecule has 0 bridgehead atoms. The van der Waals surface area contributed by atoms with E-state index in [9.17, 15) is 0 Å². The lowest BCUT2D eigenvalue weighted by Gasteiger charge is -2.06. The first-order chi connectivity index (χ1) is 5.79. The van der Waals surface area contributed by atoms with Gasteiger partial charge in [0.05, 0.1) is 0 Å². The molecule has 12 heavy (non-hydrogen) atoms. The summed E-state index contributed by atoms with van der Waals surface area (Å²) in [6.45, 7) is 7.58. The maximum absolute atomic E-state index is 8.78. The normalized spacial score (nSPS) is 10.8. The van der Waals surface area contributed by atoms with Crippen molar-refractivity contribution in [2.75, 3.05) is 0 Å². The van der Waals surface area contributed by atoms with Crippen molar-refractivity contribution < 1.29 is 9.84 Å². The minimum absolute atomic E-state index is 0.692. The van der Waals surface area contributed by atoms with E-state index in [4.69, 9.17) is 9.84 Å². The predicted octanol–water partition coefficient (Wildman–Crippen LogP) is 2.21. The van der Waals surface area contributed by atoms with Gasteiger partial charge in [-0.25, -0.2) is 0 Å². The lowest BCUT2D eigenvalue weighted by molar-refractivity contribution is -0.000286. The Hall–Kier alpha value is -1.28. The zero-order valence-corrected chi connectivity index (χ0v) is 7.23. The Bertz CT molecular complexity index is 194. The van der Waals surface area contributed by atoms with Crippen molar-refractivity contribution in [2.24, 2.45) is 0 Å². The molecule has 1 unspecified atom stereocenters. The second-order valence-corrected chi connectivity index (χ2v) is 2.03. The van der Waals surface area contributed by atoms with E-state index >= 15 is 0 Å². The van der Waals surface area contributed by atoms with Crippen molar-refractivity contribution in [1.29, 1.82) is 0 Å². The van der Waals surface area contributed by atoms with E-state index in [2.05, 4.69) is 13.2 Å². The monoisotopic (exact) mass is 166 g/mol. The zero-order chi connectivity index (χ0) is 9.40. The summed E-state index contributed by atoms with van der Waals surface area (Å²) in [5.41, 5.74) is 0. The van der Waals surface area contributed by atoms with E-state index in [1.54, 1.807) is 19.1 Å². The summed E-state index contributed by atoms with van der Waals surface area (Å²) in [5, 5.41) is 8.78. The summed E-state index contributed by atoms with van der Waals surface area (Å²) in [7, 11) is 0. The van der Waals surface area contributed by atoms with Crippen molar-refractivity contribution in [3.05, 3.63) is 43.5 Å². The molecule has 0 aliphatic heterocycles. The number of hydrogen-bond donors (Lipinski definition) is 1. The molecule has 0 aliphatic carbocycles. The van der Waals surface area contributed by atoms with E-state index in [1.165, 1.54) is 0 Å². The first kappa shape index (κ1) is 10.7. The van der Waals surface area contributed by atoms with Gasteiger partial charge >= 0.3 is 0 Å². The highest BCUT2D eigenvalue weighted by Crippen LogP contribution is 2.08. The van der Waals surface area contributed by atoms with E-state index in [0.29, 0.717) is 5.75 Å². The molecular weight excluding hydrogens is 152 g/mol. The number of para-hydroxylation sites is 1. The first-order valence-electron chi connectivity index (χ1n) is 3.69. The molecule has 2 heteroatoms. The van der Waals surface area contributed by atoms with Crippen LogP contribution in [0.4, 0.5) is 0 Å². The van der Waals surface area contributed by atoms with Crippen LogP contribution in [0, 0.1) is 0 Å². The van der Waals surface area contributed by atoms with Crippen molar-refractivity contribution in [2.45, 2.75) is 13.2 Å². The highest BCUT2D eigenvalue weighted by Gasteiger charge is 1.94. The average molecular weight is 166 g/mol. The third-order valence-electron chi connectivity index (χ3n) is 1.05. The van der Waals surface area contributed by atoms with Gasteiger partial charge in [-0.05, 0) is 19.1 Å². The smallest absolute Gasteiger partial charge is 0.194 e. The van der Waals surface area contributed by atoms with Gasteiger partial charge < -0.3 is 9.84 Å². The molecule has 0 saturated carbocycles. The number of aliphatic hydroxyl groups is 1. The summed E-state index contributed by atoms with van der Waals surface area (Å²) in [4.78, 5) is 0. The molecule has 1 aromatic rings. The largest absolute Gasteiger partial charge is 0.465 e. The number of hydrogen-bond acceptors (Lipinski definition) is 2. The molecule has 2 nitrogen and oxygen atoms in total. The predicted molar refractivity (Wildman–Crippen MR) is 50.0 cm³/mol. The highest BCUT2D eigenvalue weighted by atomic mass is 16.6. The molecule has 0 radical (unpaired) electrons. The fourth-order valence-electron chi connectivity index (χ4n) is 0.696. The molecule has 0 heterocycles. The van der Waals surface area contributed by atoms with Gasteiger partial charge in [-0.2, -0.15) is 0 Å². The molecule has 0 aliphatic rings. The summed E-state index contributed by atoms with van der Waals surface area (Å²) in [6, 6.07) is 9.21. The van der Waals surface area contributed by atoms with Crippen LogP contribution in [0.25, 0.3) is 0 Å². The molecule has 1 atom stereocenters. The molecule has 0 fully saturated rings. The fourth-order valence-corrected chi connectivity index (χ4v) is 0.696. The summed E-state index contributed by atoms with van der Waals surface area (Å²) < 4.78 is 4.97. The van der Waals surface area contributed by atoms with E-state index < -0.39 is 6.29 Å². The Morgan fingerprint density at radius 3 is 2.17 bits per heavy atom. The van der Waals surface area contributed by atoms with Crippen LogP contribution in [0.2, 0.25) is 0 Å². The molecule has 1 rings (SSSR count). The minimum atomic E-state index is -0.734. The molecule has 66 valence electrons. The van der Waals surface area contributed by atoms with Gasteiger partial charge in [0.15, 0.2) is 6.29 Å². The molecule has 0 spiro atoms. The minimum Gasteiger partial charge on any atom is -0.465 e. The van der Waals surface area contributed by atoms with Crippen molar-refractivity contribution in [3.63, 3.8) is 0 Å². The number of aliphatic hydroxyl groups excluding tert-OH is 1.